The first kappa shape index (κ1) is 35.2. The Morgan fingerprint density at radius 1 is 0.217 bits per heavy atom. The maximum atomic E-state index is 5.20. The minimum Gasteiger partial charge on any atom is -0.208 e. The van der Waals surface area contributed by atoms with E-state index in [9.17, 15) is 0 Å². The van der Waals surface area contributed by atoms with Crippen molar-refractivity contribution in [3.63, 3.8) is 0 Å². The second kappa shape index (κ2) is 15.1. The van der Waals surface area contributed by atoms with Crippen LogP contribution in [0.4, 0.5) is 0 Å². The number of rotatable bonds is 7. The highest BCUT2D eigenvalue weighted by molar-refractivity contribution is 6.22. The second-order valence-corrected chi connectivity index (χ2v) is 15.1. The smallest absolute Gasteiger partial charge is 0.164 e. The van der Waals surface area contributed by atoms with Gasteiger partial charge in [-0.1, -0.05) is 218 Å². The van der Waals surface area contributed by atoms with E-state index in [1.54, 1.807) is 0 Å². The third kappa shape index (κ3) is 6.30. The summed E-state index contributed by atoms with van der Waals surface area (Å²) in [5.74, 6) is 1.92. The molecule has 1 heterocycles. The van der Waals surface area contributed by atoms with Gasteiger partial charge in [0.1, 0.15) is 0 Å². The van der Waals surface area contributed by atoms with E-state index in [2.05, 4.69) is 206 Å². The van der Waals surface area contributed by atoms with Crippen molar-refractivity contribution in [3.05, 3.63) is 224 Å². The van der Waals surface area contributed by atoms with E-state index in [0.717, 1.165) is 33.0 Å². The average Bonchev–Trinajstić information content (AvgIpc) is 3.33. The highest BCUT2D eigenvalue weighted by Gasteiger charge is 2.20. The lowest BCUT2D eigenvalue weighted by Crippen LogP contribution is -2.00. The molecule has 0 fully saturated rings. The van der Waals surface area contributed by atoms with Crippen molar-refractivity contribution in [1.29, 1.82) is 0 Å². The normalized spacial score (nSPS) is 11.3. The molecule has 11 aromatic rings. The number of aromatic nitrogens is 3. The highest BCUT2D eigenvalue weighted by atomic mass is 15.0. The molecule has 0 aliphatic carbocycles. The summed E-state index contributed by atoms with van der Waals surface area (Å²) < 4.78 is 0. The Hall–Kier alpha value is -8.01. The fraction of sp³-hybridized carbons (Fsp3) is 0. The first-order valence-electron chi connectivity index (χ1n) is 20.4. The minimum atomic E-state index is 0.631. The van der Waals surface area contributed by atoms with E-state index in [1.165, 1.54) is 60.5 Å². The Balaban J connectivity index is 1.09. The van der Waals surface area contributed by atoms with Crippen LogP contribution in [0.2, 0.25) is 0 Å². The van der Waals surface area contributed by atoms with E-state index in [0.29, 0.717) is 17.5 Å². The molecule has 3 heteroatoms. The molecule has 0 unspecified atom stereocenters. The SMILES string of the molecule is c1ccc(-c2ccc(-c3ccccc3-c3c4ccccc4c(-c4cccc(-c5nc(-c6ccccc6)nc(-c6cccc7ccccc67)n5)c4)c4ccccc34)cc2)cc1. The monoisotopic (exact) mass is 763 g/mol. The Kier molecular flexibility index (Phi) is 8.83. The molecule has 0 aliphatic rings. The first-order chi connectivity index (χ1) is 29.8. The van der Waals surface area contributed by atoms with Crippen LogP contribution in [0.15, 0.2) is 224 Å². The van der Waals surface area contributed by atoms with Crippen LogP contribution in [-0.2, 0) is 0 Å². The van der Waals surface area contributed by atoms with Gasteiger partial charge in [-0.2, -0.15) is 0 Å². The quantitative estimate of drug-likeness (QED) is 0.152. The van der Waals surface area contributed by atoms with E-state index < -0.39 is 0 Å². The van der Waals surface area contributed by atoms with E-state index in [4.69, 9.17) is 15.0 Å². The molecular weight excluding hydrogens is 727 g/mol. The fourth-order valence-electron chi connectivity index (χ4n) is 8.73. The van der Waals surface area contributed by atoms with Crippen molar-refractivity contribution < 1.29 is 0 Å². The summed E-state index contributed by atoms with van der Waals surface area (Å²) in [6.45, 7) is 0. The van der Waals surface area contributed by atoms with Crippen LogP contribution in [0.25, 0.3) is 111 Å². The molecule has 0 aliphatic heterocycles. The molecule has 11 rings (SSSR count). The van der Waals surface area contributed by atoms with Crippen molar-refractivity contribution in [1.82, 2.24) is 15.0 Å². The maximum absolute atomic E-state index is 5.20. The molecular formula is C57H37N3. The zero-order valence-electron chi connectivity index (χ0n) is 32.7. The predicted molar refractivity (Wildman–Crippen MR) is 250 cm³/mol. The van der Waals surface area contributed by atoms with Gasteiger partial charge in [-0.25, -0.2) is 15.0 Å². The van der Waals surface area contributed by atoms with Crippen LogP contribution in [0.3, 0.4) is 0 Å². The van der Waals surface area contributed by atoms with Gasteiger partial charge in [-0.3, -0.25) is 0 Å². The summed E-state index contributed by atoms with van der Waals surface area (Å²) in [6, 6.07) is 79.6. The molecule has 280 valence electrons. The number of hydrogen-bond acceptors (Lipinski definition) is 3. The zero-order chi connectivity index (χ0) is 39.8. The van der Waals surface area contributed by atoms with Crippen molar-refractivity contribution in [2.75, 3.05) is 0 Å². The molecule has 0 saturated heterocycles. The molecule has 0 atom stereocenters. The van der Waals surface area contributed by atoms with E-state index in [-0.39, 0.29) is 0 Å². The summed E-state index contributed by atoms with van der Waals surface area (Å²) in [5, 5.41) is 7.04. The Morgan fingerprint density at radius 3 is 1.32 bits per heavy atom. The van der Waals surface area contributed by atoms with E-state index >= 15 is 0 Å². The van der Waals surface area contributed by atoms with Gasteiger partial charge in [-0.15, -0.1) is 0 Å². The first-order valence-corrected chi connectivity index (χ1v) is 20.4. The molecule has 0 spiro atoms. The number of benzene rings is 10. The summed E-state index contributed by atoms with van der Waals surface area (Å²) >= 11 is 0. The Labute approximate surface area is 349 Å². The highest BCUT2D eigenvalue weighted by Crippen LogP contribution is 2.46. The van der Waals surface area contributed by atoms with Crippen molar-refractivity contribution >= 4 is 32.3 Å². The van der Waals surface area contributed by atoms with Gasteiger partial charge in [0, 0.05) is 16.7 Å². The van der Waals surface area contributed by atoms with Crippen molar-refractivity contribution in [2.24, 2.45) is 0 Å². The van der Waals surface area contributed by atoms with Crippen LogP contribution in [-0.4, -0.2) is 15.0 Å². The third-order valence-electron chi connectivity index (χ3n) is 11.5. The molecule has 10 aromatic carbocycles. The van der Waals surface area contributed by atoms with Crippen LogP contribution < -0.4 is 0 Å². The second-order valence-electron chi connectivity index (χ2n) is 15.1. The van der Waals surface area contributed by atoms with Gasteiger partial charge >= 0.3 is 0 Å². The largest absolute Gasteiger partial charge is 0.208 e. The molecule has 0 bridgehead atoms. The maximum Gasteiger partial charge on any atom is 0.164 e. The van der Waals surface area contributed by atoms with Crippen LogP contribution in [0, 0.1) is 0 Å². The third-order valence-corrected chi connectivity index (χ3v) is 11.5. The summed E-state index contributed by atoms with van der Waals surface area (Å²) in [5.41, 5.74) is 12.4. The lowest BCUT2D eigenvalue weighted by molar-refractivity contribution is 1.08. The van der Waals surface area contributed by atoms with Crippen molar-refractivity contribution in [3.8, 4) is 78.7 Å². The van der Waals surface area contributed by atoms with Crippen molar-refractivity contribution in [2.45, 2.75) is 0 Å². The minimum absolute atomic E-state index is 0.631. The molecule has 1 aromatic heterocycles. The fourth-order valence-corrected chi connectivity index (χ4v) is 8.73. The van der Waals surface area contributed by atoms with E-state index in [1.807, 2.05) is 18.2 Å². The molecule has 0 radical (unpaired) electrons. The van der Waals surface area contributed by atoms with Gasteiger partial charge < -0.3 is 0 Å². The lowest BCUT2D eigenvalue weighted by Gasteiger charge is -2.20. The average molecular weight is 764 g/mol. The Bertz CT molecular complexity index is 3290. The molecule has 60 heavy (non-hydrogen) atoms. The zero-order valence-corrected chi connectivity index (χ0v) is 32.7. The summed E-state index contributed by atoms with van der Waals surface area (Å²) in [4.78, 5) is 15.4. The number of fused-ring (bicyclic) bond motifs is 3. The molecule has 0 N–H and O–H groups in total. The summed E-state index contributed by atoms with van der Waals surface area (Å²) in [6.07, 6.45) is 0. The number of hydrogen-bond donors (Lipinski definition) is 0. The van der Waals surface area contributed by atoms with Crippen LogP contribution in [0.5, 0.6) is 0 Å². The van der Waals surface area contributed by atoms with Gasteiger partial charge in [-0.05, 0) is 82.9 Å². The van der Waals surface area contributed by atoms with Crippen LogP contribution in [0.1, 0.15) is 0 Å². The van der Waals surface area contributed by atoms with Gasteiger partial charge in [0.25, 0.3) is 0 Å². The standard InChI is InChI=1S/C57H37N3/c1-3-17-38(18-4-1)39-33-35-41(36-34-39)45-25-9-10-27-47(45)54-50-30-13-11-28-48(50)53(49-29-12-14-31-51(49)54)43-23-15-24-44(37-43)56-58-55(42-20-5-2-6-21-42)59-57(60-56)52-32-16-22-40-19-7-8-26-46(40)52/h1-37H. The van der Waals surface area contributed by atoms with Gasteiger partial charge in [0.2, 0.25) is 0 Å². The topological polar surface area (TPSA) is 38.7 Å². The van der Waals surface area contributed by atoms with Gasteiger partial charge in [0.05, 0.1) is 0 Å². The lowest BCUT2D eigenvalue weighted by atomic mass is 9.83. The Morgan fingerprint density at radius 2 is 0.633 bits per heavy atom. The molecule has 0 amide bonds. The van der Waals surface area contributed by atoms with Crippen LogP contribution >= 0.6 is 0 Å². The molecule has 3 nitrogen and oxygen atoms in total. The summed E-state index contributed by atoms with van der Waals surface area (Å²) in [7, 11) is 0. The molecule has 0 saturated carbocycles. The number of nitrogens with zero attached hydrogens (tertiary/aromatic N) is 3. The predicted octanol–water partition coefficient (Wildman–Crippen LogP) is 15.0. The van der Waals surface area contributed by atoms with Gasteiger partial charge in [0.15, 0.2) is 17.5 Å².